The number of thiophene rings is 1. The summed E-state index contributed by atoms with van der Waals surface area (Å²) >= 11 is 0.740. The first-order chi connectivity index (χ1) is 9.86. The van der Waals surface area contributed by atoms with E-state index in [-0.39, 0.29) is 15.5 Å². The molecule has 124 valence electrons. The summed E-state index contributed by atoms with van der Waals surface area (Å²) in [5.74, 6) is -1.32. The van der Waals surface area contributed by atoms with Crippen LogP contribution in [-0.2, 0) is 14.6 Å². The maximum absolute atomic E-state index is 12.3. The standard InChI is InChI=1S/C13H19NO6S2/c1-7(2)22(18,19)8-6-21-10(11(15)16)9(8)14-12(17)20-13(3,4)5/h6-7H,1-5H3,(H,14,17)(H,15,16). The number of nitrogens with one attached hydrogen (secondary N) is 1. The van der Waals surface area contributed by atoms with Gasteiger partial charge in [0.05, 0.1) is 10.9 Å². The molecular weight excluding hydrogens is 330 g/mol. The van der Waals surface area contributed by atoms with Crippen LogP contribution in [-0.4, -0.2) is 36.4 Å². The Balaban J connectivity index is 3.30. The summed E-state index contributed by atoms with van der Waals surface area (Å²) in [6.07, 6.45) is -0.909. The minimum absolute atomic E-state index is 0.212. The molecule has 0 aliphatic rings. The van der Waals surface area contributed by atoms with Gasteiger partial charge in [-0.25, -0.2) is 18.0 Å². The molecule has 22 heavy (non-hydrogen) atoms. The van der Waals surface area contributed by atoms with Gasteiger partial charge in [0.15, 0.2) is 9.84 Å². The third-order valence-corrected chi connectivity index (χ3v) is 5.80. The molecule has 2 N–H and O–H groups in total. The highest BCUT2D eigenvalue weighted by Gasteiger charge is 2.30. The Kier molecular flexibility index (Phi) is 5.24. The lowest BCUT2D eigenvalue weighted by molar-refractivity contribution is 0.0635. The van der Waals surface area contributed by atoms with Crippen LogP contribution in [0.15, 0.2) is 10.3 Å². The van der Waals surface area contributed by atoms with E-state index in [1.807, 2.05) is 0 Å². The predicted molar refractivity (Wildman–Crippen MR) is 83.5 cm³/mol. The lowest BCUT2D eigenvalue weighted by Crippen LogP contribution is -2.28. The number of amides is 1. The molecule has 0 spiro atoms. The average molecular weight is 349 g/mol. The van der Waals surface area contributed by atoms with Gasteiger partial charge in [0.1, 0.15) is 15.4 Å². The van der Waals surface area contributed by atoms with Gasteiger partial charge >= 0.3 is 12.1 Å². The summed E-state index contributed by atoms with van der Waals surface area (Å²) < 4.78 is 29.6. The van der Waals surface area contributed by atoms with E-state index in [1.165, 1.54) is 19.2 Å². The largest absolute Gasteiger partial charge is 0.477 e. The minimum atomic E-state index is -3.73. The third-order valence-electron chi connectivity index (χ3n) is 2.50. The van der Waals surface area contributed by atoms with E-state index in [2.05, 4.69) is 5.32 Å². The second-order valence-corrected chi connectivity index (χ2v) is 9.18. The molecule has 9 heteroatoms. The Hall–Kier alpha value is -1.61. The number of carboxylic acid groups (broad SMARTS) is 1. The molecule has 1 heterocycles. The second kappa shape index (κ2) is 6.25. The number of carboxylic acids is 1. The fourth-order valence-electron chi connectivity index (χ4n) is 1.49. The molecule has 1 aromatic heterocycles. The van der Waals surface area contributed by atoms with E-state index in [0.717, 1.165) is 11.3 Å². The topological polar surface area (TPSA) is 110 Å². The lowest BCUT2D eigenvalue weighted by Gasteiger charge is -2.20. The Morgan fingerprint density at radius 3 is 2.27 bits per heavy atom. The smallest absolute Gasteiger partial charge is 0.412 e. The van der Waals surface area contributed by atoms with Gasteiger partial charge < -0.3 is 9.84 Å². The van der Waals surface area contributed by atoms with Crippen molar-refractivity contribution in [2.45, 2.75) is 50.4 Å². The molecule has 0 aliphatic carbocycles. The Morgan fingerprint density at radius 1 is 1.32 bits per heavy atom. The van der Waals surface area contributed by atoms with Crippen LogP contribution < -0.4 is 5.32 Å². The summed E-state index contributed by atoms with van der Waals surface area (Å²) in [5, 5.41) is 11.9. The van der Waals surface area contributed by atoms with Crippen molar-refractivity contribution >= 4 is 38.9 Å². The van der Waals surface area contributed by atoms with Gasteiger partial charge in [-0.1, -0.05) is 0 Å². The van der Waals surface area contributed by atoms with Crippen LogP contribution in [0.2, 0.25) is 0 Å². The second-order valence-electron chi connectivity index (χ2n) is 5.83. The molecule has 0 atom stereocenters. The van der Waals surface area contributed by atoms with E-state index in [9.17, 15) is 18.0 Å². The molecular formula is C13H19NO6S2. The zero-order valence-electron chi connectivity index (χ0n) is 13.0. The molecule has 0 bridgehead atoms. The van der Waals surface area contributed by atoms with Crippen molar-refractivity contribution in [2.24, 2.45) is 0 Å². The summed E-state index contributed by atoms with van der Waals surface area (Å²) in [5.41, 5.74) is -1.04. The molecule has 0 radical (unpaired) electrons. The number of hydrogen-bond acceptors (Lipinski definition) is 6. The van der Waals surface area contributed by atoms with Crippen molar-refractivity contribution in [3.63, 3.8) is 0 Å². The Labute approximate surface area is 133 Å². The maximum atomic E-state index is 12.3. The van der Waals surface area contributed by atoms with Crippen LogP contribution in [0.4, 0.5) is 10.5 Å². The van der Waals surface area contributed by atoms with Gasteiger partial charge in [0.25, 0.3) is 0 Å². The molecule has 0 saturated heterocycles. The molecule has 1 rings (SSSR count). The zero-order valence-corrected chi connectivity index (χ0v) is 14.6. The SMILES string of the molecule is CC(C)S(=O)(=O)c1csc(C(=O)O)c1NC(=O)OC(C)(C)C. The summed E-state index contributed by atoms with van der Waals surface area (Å²) in [6, 6.07) is 0. The number of hydrogen-bond donors (Lipinski definition) is 2. The highest BCUT2D eigenvalue weighted by atomic mass is 32.2. The Morgan fingerprint density at radius 2 is 1.86 bits per heavy atom. The van der Waals surface area contributed by atoms with E-state index >= 15 is 0 Å². The van der Waals surface area contributed by atoms with Crippen LogP contribution in [0.5, 0.6) is 0 Å². The van der Waals surface area contributed by atoms with Crippen LogP contribution in [0.25, 0.3) is 0 Å². The minimum Gasteiger partial charge on any atom is -0.477 e. The molecule has 0 aromatic carbocycles. The van der Waals surface area contributed by atoms with Crippen molar-refractivity contribution in [2.75, 3.05) is 5.32 Å². The molecule has 1 amide bonds. The number of anilines is 1. The maximum Gasteiger partial charge on any atom is 0.412 e. The molecule has 0 fully saturated rings. The first-order valence-electron chi connectivity index (χ1n) is 6.45. The summed E-state index contributed by atoms with van der Waals surface area (Å²) in [6.45, 7) is 7.88. The fourth-order valence-corrected chi connectivity index (χ4v) is 3.90. The fraction of sp³-hybridized carbons (Fsp3) is 0.538. The normalized spacial score (nSPS) is 12.3. The molecule has 7 nitrogen and oxygen atoms in total. The summed E-state index contributed by atoms with van der Waals surface area (Å²) in [4.78, 5) is 22.6. The number of sulfone groups is 1. The molecule has 0 aliphatic heterocycles. The van der Waals surface area contributed by atoms with Crippen molar-refractivity contribution in [1.82, 2.24) is 0 Å². The van der Waals surface area contributed by atoms with E-state index < -0.39 is 32.8 Å². The van der Waals surface area contributed by atoms with Gasteiger partial charge in [-0.15, -0.1) is 11.3 Å². The zero-order chi connectivity index (χ0) is 17.3. The van der Waals surface area contributed by atoms with Crippen LogP contribution in [0.3, 0.4) is 0 Å². The first kappa shape index (κ1) is 18.4. The van der Waals surface area contributed by atoms with Crippen molar-refractivity contribution in [3.8, 4) is 0 Å². The van der Waals surface area contributed by atoms with Crippen LogP contribution in [0, 0.1) is 0 Å². The third kappa shape index (κ3) is 4.20. The molecule has 1 aromatic rings. The first-order valence-corrected chi connectivity index (χ1v) is 8.87. The number of carbonyl (C=O) groups excluding carboxylic acids is 1. The highest BCUT2D eigenvalue weighted by Crippen LogP contribution is 2.34. The van der Waals surface area contributed by atoms with E-state index in [4.69, 9.17) is 9.84 Å². The van der Waals surface area contributed by atoms with Crippen molar-refractivity contribution < 1.29 is 27.9 Å². The van der Waals surface area contributed by atoms with Gasteiger partial charge in [-0.05, 0) is 34.6 Å². The van der Waals surface area contributed by atoms with Crippen molar-refractivity contribution in [3.05, 3.63) is 10.3 Å². The Bertz CT molecular complexity index is 682. The van der Waals surface area contributed by atoms with Gasteiger partial charge in [0.2, 0.25) is 0 Å². The average Bonchev–Trinajstić information content (AvgIpc) is 2.70. The monoisotopic (exact) mass is 349 g/mol. The van der Waals surface area contributed by atoms with Crippen LogP contribution >= 0.6 is 11.3 Å². The molecule has 0 saturated carbocycles. The highest BCUT2D eigenvalue weighted by molar-refractivity contribution is 7.92. The lowest BCUT2D eigenvalue weighted by atomic mass is 10.2. The van der Waals surface area contributed by atoms with Gasteiger partial charge in [0, 0.05) is 5.38 Å². The van der Waals surface area contributed by atoms with Gasteiger partial charge in [-0.2, -0.15) is 0 Å². The number of ether oxygens (including phenoxy) is 1. The quantitative estimate of drug-likeness (QED) is 0.865. The number of aromatic carboxylic acids is 1. The van der Waals surface area contributed by atoms with E-state index in [0.29, 0.717) is 0 Å². The van der Waals surface area contributed by atoms with Gasteiger partial charge in [-0.3, -0.25) is 5.32 Å². The van der Waals surface area contributed by atoms with Crippen LogP contribution in [0.1, 0.15) is 44.3 Å². The number of rotatable bonds is 4. The molecule has 0 unspecified atom stereocenters. The van der Waals surface area contributed by atoms with E-state index in [1.54, 1.807) is 20.8 Å². The number of carbonyl (C=O) groups is 2. The van der Waals surface area contributed by atoms with Crippen molar-refractivity contribution in [1.29, 1.82) is 0 Å². The summed E-state index contributed by atoms with van der Waals surface area (Å²) in [7, 11) is -3.73. The predicted octanol–water partition coefficient (Wildman–Crippen LogP) is 2.98.